The molecule has 164 valence electrons. The third kappa shape index (κ3) is 5.22. The average molecular weight is 451 g/mol. The van der Waals surface area contributed by atoms with Crippen molar-refractivity contribution in [2.24, 2.45) is 0 Å². The zero-order valence-corrected chi connectivity index (χ0v) is 19.2. The summed E-state index contributed by atoms with van der Waals surface area (Å²) in [6.45, 7) is 5.25. The second kappa shape index (κ2) is 9.49. The summed E-state index contributed by atoms with van der Waals surface area (Å²) in [6, 6.07) is 12.8. The molecule has 8 heteroatoms. The first-order valence-electron chi connectivity index (χ1n) is 10.5. The van der Waals surface area contributed by atoms with Crippen molar-refractivity contribution in [3.8, 4) is 0 Å². The predicted octanol–water partition coefficient (Wildman–Crippen LogP) is 4.57. The minimum absolute atomic E-state index is 0.177. The standard InChI is InChI=1S/C22H30N2O4S2/c1-3-18(2)19-8-12-21(13-9-19)29(25,26)23-20-10-14-22(15-11-20)30(27,28)24-16-6-4-5-7-17-24/h8-15,18,23H,3-7,16-17H2,1-2H3. The Kier molecular flexibility index (Phi) is 7.21. The minimum Gasteiger partial charge on any atom is -0.280 e. The summed E-state index contributed by atoms with van der Waals surface area (Å²) in [5.74, 6) is 0.369. The maximum absolute atomic E-state index is 12.9. The molecule has 1 saturated heterocycles. The molecule has 0 amide bonds. The van der Waals surface area contributed by atoms with Gasteiger partial charge in [-0.1, -0.05) is 38.8 Å². The third-order valence-electron chi connectivity index (χ3n) is 5.68. The Bertz CT molecular complexity index is 1040. The van der Waals surface area contributed by atoms with Gasteiger partial charge >= 0.3 is 0 Å². The first-order chi connectivity index (χ1) is 14.2. The lowest BCUT2D eigenvalue weighted by atomic mass is 9.99. The highest BCUT2D eigenvalue weighted by Crippen LogP contribution is 2.24. The minimum atomic E-state index is -3.75. The summed E-state index contributed by atoms with van der Waals surface area (Å²) in [4.78, 5) is 0.362. The van der Waals surface area contributed by atoms with Crippen molar-refractivity contribution in [3.05, 3.63) is 54.1 Å². The lowest BCUT2D eigenvalue weighted by Gasteiger charge is -2.20. The van der Waals surface area contributed by atoms with Crippen LogP contribution >= 0.6 is 0 Å². The van der Waals surface area contributed by atoms with E-state index in [4.69, 9.17) is 0 Å². The van der Waals surface area contributed by atoms with Crippen LogP contribution in [0.4, 0.5) is 5.69 Å². The Labute approximate surface area is 180 Å². The van der Waals surface area contributed by atoms with Crippen molar-refractivity contribution in [1.82, 2.24) is 4.31 Å². The van der Waals surface area contributed by atoms with Crippen molar-refractivity contribution in [2.45, 2.75) is 61.7 Å². The Hall–Kier alpha value is -1.90. The molecule has 30 heavy (non-hydrogen) atoms. The van der Waals surface area contributed by atoms with Crippen molar-refractivity contribution >= 4 is 25.7 Å². The average Bonchev–Trinajstić information content (AvgIpc) is 3.03. The summed E-state index contributed by atoms with van der Waals surface area (Å²) < 4.78 is 55.1. The summed E-state index contributed by atoms with van der Waals surface area (Å²) >= 11 is 0. The zero-order chi connectivity index (χ0) is 21.8. The number of nitrogens with one attached hydrogen (secondary N) is 1. The monoisotopic (exact) mass is 450 g/mol. The molecule has 0 saturated carbocycles. The maximum Gasteiger partial charge on any atom is 0.261 e. The van der Waals surface area contributed by atoms with Crippen molar-refractivity contribution < 1.29 is 16.8 Å². The van der Waals surface area contributed by atoms with E-state index in [-0.39, 0.29) is 9.79 Å². The molecule has 1 aliphatic heterocycles. The van der Waals surface area contributed by atoms with Gasteiger partial charge in [-0.25, -0.2) is 16.8 Å². The fourth-order valence-electron chi connectivity index (χ4n) is 3.55. The fraction of sp³-hybridized carbons (Fsp3) is 0.455. The molecule has 1 aliphatic rings. The lowest BCUT2D eigenvalue weighted by Crippen LogP contribution is -2.31. The number of nitrogens with zero attached hydrogens (tertiary/aromatic N) is 1. The molecule has 0 aliphatic carbocycles. The Balaban J connectivity index is 1.74. The smallest absolute Gasteiger partial charge is 0.261 e. The van der Waals surface area contributed by atoms with Gasteiger partial charge in [-0.3, -0.25) is 4.72 Å². The largest absolute Gasteiger partial charge is 0.280 e. The van der Waals surface area contributed by atoms with Gasteiger partial charge in [0, 0.05) is 18.8 Å². The molecule has 0 radical (unpaired) electrons. The lowest BCUT2D eigenvalue weighted by molar-refractivity contribution is 0.424. The molecular weight excluding hydrogens is 420 g/mol. The summed E-state index contributed by atoms with van der Waals surface area (Å²) in [5, 5.41) is 0. The number of rotatable bonds is 7. The Morgan fingerprint density at radius 3 is 1.90 bits per heavy atom. The van der Waals surface area contributed by atoms with Crippen LogP contribution in [0.25, 0.3) is 0 Å². The van der Waals surface area contributed by atoms with Crippen molar-refractivity contribution in [1.29, 1.82) is 0 Å². The highest BCUT2D eigenvalue weighted by Gasteiger charge is 2.25. The van der Waals surface area contributed by atoms with Crippen LogP contribution in [-0.4, -0.2) is 34.2 Å². The fourth-order valence-corrected chi connectivity index (χ4v) is 6.13. The first-order valence-corrected chi connectivity index (χ1v) is 13.4. The molecule has 1 fully saturated rings. The summed E-state index contributed by atoms with van der Waals surface area (Å²) in [5.41, 5.74) is 1.43. The van der Waals surface area contributed by atoms with E-state index in [1.807, 2.05) is 12.1 Å². The van der Waals surface area contributed by atoms with Crippen LogP contribution in [-0.2, 0) is 20.0 Å². The van der Waals surface area contributed by atoms with E-state index in [1.54, 1.807) is 12.1 Å². The van der Waals surface area contributed by atoms with E-state index in [0.717, 1.165) is 37.7 Å². The van der Waals surface area contributed by atoms with Gasteiger partial charge in [0.25, 0.3) is 10.0 Å². The topological polar surface area (TPSA) is 83.5 Å². The molecule has 1 atom stereocenters. The molecule has 1 heterocycles. The van der Waals surface area contributed by atoms with E-state index < -0.39 is 20.0 Å². The second-order valence-corrected chi connectivity index (χ2v) is 11.4. The number of hydrogen-bond acceptors (Lipinski definition) is 4. The molecule has 1 unspecified atom stereocenters. The quantitative estimate of drug-likeness (QED) is 0.670. The van der Waals surface area contributed by atoms with E-state index in [2.05, 4.69) is 18.6 Å². The van der Waals surface area contributed by atoms with Gasteiger partial charge in [-0.05, 0) is 67.1 Å². The molecular formula is C22H30N2O4S2. The van der Waals surface area contributed by atoms with Gasteiger partial charge in [0.1, 0.15) is 0 Å². The van der Waals surface area contributed by atoms with E-state index >= 15 is 0 Å². The van der Waals surface area contributed by atoms with Gasteiger partial charge < -0.3 is 0 Å². The number of anilines is 1. The molecule has 0 spiro atoms. The molecule has 2 aromatic carbocycles. The SMILES string of the molecule is CCC(C)c1ccc(S(=O)(=O)Nc2ccc(S(=O)(=O)N3CCCCCC3)cc2)cc1. The van der Waals surface area contributed by atoms with Crippen molar-refractivity contribution in [2.75, 3.05) is 17.8 Å². The highest BCUT2D eigenvalue weighted by molar-refractivity contribution is 7.92. The molecule has 6 nitrogen and oxygen atoms in total. The van der Waals surface area contributed by atoms with Gasteiger partial charge in [-0.15, -0.1) is 0 Å². The van der Waals surface area contributed by atoms with Crippen LogP contribution in [0.1, 0.15) is 57.4 Å². The molecule has 1 N–H and O–H groups in total. The molecule has 2 aromatic rings. The summed E-state index contributed by atoms with van der Waals surface area (Å²) in [6.07, 6.45) is 4.81. The molecule has 0 aromatic heterocycles. The third-order valence-corrected chi connectivity index (χ3v) is 8.99. The van der Waals surface area contributed by atoms with Gasteiger partial charge in [-0.2, -0.15) is 4.31 Å². The Morgan fingerprint density at radius 1 is 0.833 bits per heavy atom. The number of sulfonamides is 2. The normalized spacial score (nSPS) is 17.3. The number of hydrogen-bond donors (Lipinski definition) is 1. The van der Waals surface area contributed by atoms with Crippen LogP contribution in [0.3, 0.4) is 0 Å². The van der Waals surface area contributed by atoms with Crippen molar-refractivity contribution in [3.63, 3.8) is 0 Å². The van der Waals surface area contributed by atoms with E-state index in [1.165, 1.54) is 28.6 Å². The predicted molar refractivity (Wildman–Crippen MR) is 120 cm³/mol. The van der Waals surface area contributed by atoms with Gasteiger partial charge in [0.05, 0.1) is 9.79 Å². The summed E-state index contributed by atoms with van der Waals surface area (Å²) in [7, 11) is -7.30. The molecule has 0 bridgehead atoms. The van der Waals surface area contributed by atoms with Crippen LogP contribution in [0.2, 0.25) is 0 Å². The molecule has 3 rings (SSSR count). The van der Waals surface area contributed by atoms with Crippen LogP contribution < -0.4 is 4.72 Å². The highest BCUT2D eigenvalue weighted by atomic mass is 32.2. The van der Waals surface area contributed by atoms with Crippen LogP contribution in [0.5, 0.6) is 0 Å². The zero-order valence-electron chi connectivity index (χ0n) is 17.5. The first kappa shape index (κ1) is 22.8. The van der Waals surface area contributed by atoms with Crippen LogP contribution in [0, 0.1) is 0 Å². The maximum atomic E-state index is 12.9. The Morgan fingerprint density at radius 2 is 1.37 bits per heavy atom. The second-order valence-electron chi connectivity index (χ2n) is 7.83. The van der Waals surface area contributed by atoms with E-state index in [9.17, 15) is 16.8 Å². The van der Waals surface area contributed by atoms with E-state index in [0.29, 0.717) is 24.7 Å². The van der Waals surface area contributed by atoms with Gasteiger partial charge in [0.15, 0.2) is 0 Å². The van der Waals surface area contributed by atoms with Gasteiger partial charge in [0.2, 0.25) is 10.0 Å². The van der Waals surface area contributed by atoms with Crippen LogP contribution in [0.15, 0.2) is 58.3 Å². The number of benzene rings is 2.